The van der Waals surface area contributed by atoms with E-state index in [2.05, 4.69) is 14.7 Å². The van der Waals surface area contributed by atoms with Gasteiger partial charge in [0.15, 0.2) is 0 Å². The molecule has 0 aliphatic carbocycles. The lowest BCUT2D eigenvalue weighted by atomic mass is 10.4. The predicted octanol–water partition coefficient (Wildman–Crippen LogP) is 2.26. The van der Waals surface area contributed by atoms with Crippen LogP contribution in [-0.4, -0.2) is 18.4 Å². The van der Waals surface area contributed by atoms with Crippen LogP contribution in [0.5, 0.6) is 0 Å². The third-order valence-corrected chi connectivity index (χ3v) is 4.31. The highest BCUT2D eigenvalue weighted by molar-refractivity contribution is 7.89. The van der Waals surface area contributed by atoms with E-state index in [0.29, 0.717) is 5.69 Å². The predicted molar refractivity (Wildman–Crippen MR) is 72.5 cm³/mol. The van der Waals surface area contributed by atoms with Gasteiger partial charge in [0.25, 0.3) is 0 Å². The van der Waals surface area contributed by atoms with Crippen molar-refractivity contribution in [3.8, 4) is 0 Å². The van der Waals surface area contributed by atoms with Gasteiger partial charge in [0.05, 0.1) is 17.3 Å². The van der Waals surface area contributed by atoms with Crippen molar-refractivity contribution in [2.24, 2.45) is 0 Å². The Balaban J connectivity index is 2.16. The Kier molecular flexibility index (Phi) is 4.36. The number of halogens is 2. The zero-order valence-corrected chi connectivity index (χ0v) is 11.9. The number of nitrogens with zero attached hydrogens (tertiary/aromatic N) is 2. The van der Waals surface area contributed by atoms with Crippen molar-refractivity contribution in [1.82, 2.24) is 14.7 Å². The van der Waals surface area contributed by atoms with Gasteiger partial charge in [-0.05, 0) is 18.2 Å². The molecule has 2 aromatic heterocycles. The first-order chi connectivity index (χ1) is 8.99. The fourth-order valence-electron chi connectivity index (χ4n) is 1.31. The van der Waals surface area contributed by atoms with E-state index < -0.39 is 10.0 Å². The number of hydrogen-bond acceptors (Lipinski definition) is 4. The van der Waals surface area contributed by atoms with Crippen LogP contribution in [0.2, 0.25) is 10.2 Å². The Morgan fingerprint density at radius 2 is 2.00 bits per heavy atom. The maximum Gasteiger partial charge on any atom is 0.242 e. The van der Waals surface area contributed by atoms with Gasteiger partial charge in [-0.15, -0.1) is 0 Å². The summed E-state index contributed by atoms with van der Waals surface area (Å²) < 4.78 is 26.4. The Morgan fingerprint density at radius 3 is 2.63 bits per heavy atom. The molecule has 2 rings (SSSR count). The van der Waals surface area contributed by atoms with Crippen LogP contribution in [-0.2, 0) is 16.6 Å². The van der Waals surface area contributed by atoms with E-state index in [1.54, 1.807) is 24.4 Å². The summed E-state index contributed by atoms with van der Waals surface area (Å²) in [7, 11) is -3.69. The van der Waals surface area contributed by atoms with E-state index in [9.17, 15) is 8.42 Å². The second-order valence-corrected chi connectivity index (χ2v) is 6.12. The highest BCUT2D eigenvalue weighted by Crippen LogP contribution is 2.22. The molecule has 0 fully saturated rings. The molecule has 100 valence electrons. The monoisotopic (exact) mass is 317 g/mol. The Morgan fingerprint density at radius 1 is 1.21 bits per heavy atom. The number of nitrogens with one attached hydrogen (secondary N) is 1. The molecule has 0 aliphatic heterocycles. The lowest BCUT2D eigenvalue weighted by Crippen LogP contribution is -2.23. The summed E-state index contributed by atoms with van der Waals surface area (Å²) in [6.45, 7) is 0.0867. The number of rotatable bonds is 4. The van der Waals surface area contributed by atoms with Crippen LogP contribution in [0.4, 0.5) is 0 Å². The van der Waals surface area contributed by atoms with E-state index in [4.69, 9.17) is 23.2 Å². The average molecular weight is 318 g/mol. The normalized spacial score (nSPS) is 11.5. The minimum atomic E-state index is -3.69. The van der Waals surface area contributed by atoms with Crippen molar-refractivity contribution in [2.75, 3.05) is 0 Å². The fourth-order valence-corrected chi connectivity index (χ4v) is 2.61. The lowest BCUT2D eigenvalue weighted by Gasteiger charge is -2.06. The van der Waals surface area contributed by atoms with Crippen molar-refractivity contribution in [3.63, 3.8) is 0 Å². The van der Waals surface area contributed by atoms with Crippen molar-refractivity contribution < 1.29 is 8.42 Å². The molecule has 0 unspecified atom stereocenters. The van der Waals surface area contributed by atoms with E-state index in [1.807, 2.05) is 0 Å². The first-order valence-corrected chi connectivity index (χ1v) is 7.43. The van der Waals surface area contributed by atoms with Crippen molar-refractivity contribution in [2.45, 2.75) is 11.4 Å². The van der Waals surface area contributed by atoms with Crippen LogP contribution in [0.3, 0.4) is 0 Å². The van der Waals surface area contributed by atoms with Crippen LogP contribution in [0.15, 0.2) is 41.6 Å². The molecule has 0 spiro atoms. The molecule has 5 nitrogen and oxygen atoms in total. The fraction of sp³-hybridized carbons (Fsp3) is 0.0909. The minimum Gasteiger partial charge on any atom is -0.260 e. The van der Waals surface area contributed by atoms with Crippen molar-refractivity contribution in [3.05, 3.63) is 52.5 Å². The molecule has 0 amide bonds. The molecule has 0 aromatic carbocycles. The lowest BCUT2D eigenvalue weighted by molar-refractivity contribution is 0.580. The summed E-state index contributed by atoms with van der Waals surface area (Å²) in [6, 6.07) is 6.49. The second-order valence-electron chi connectivity index (χ2n) is 3.59. The molecule has 0 bridgehead atoms. The Labute approximate surface area is 120 Å². The summed E-state index contributed by atoms with van der Waals surface area (Å²) in [5.41, 5.74) is 0.610. The van der Waals surface area contributed by atoms with Gasteiger partial charge in [-0.2, -0.15) is 0 Å². The number of pyridine rings is 2. The van der Waals surface area contributed by atoms with Gasteiger partial charge in [0, 0.05) is 12.4 Å². The van der Waals surface area contributed by atoms with Gasteiger partial charge in [-0.25, -0.2) is 18.1 Å². The highest BCUT2D eigenvalue weighted by Gasteiger charge is 2.16. The van der Waals surface area contributed by atoms with Crippen molar-refractivity contribution in [1.29, 1.82) is 0 Å². The molecule has 0 saturated heterocycles. The number of hydrogen-bond donors (Lipinski definition) is 1. The largest absolute Gasteiger partial charge is 0.260 e. The van der Waals surface area contributed by atoms with Gasteiger partial charge in [-0.1, -0.05) is 29.3 Å². The van der Waals surface area contributed by atoms with Crippen LogP contribution < -0.4 is 4.72 Å². The molecule has 0 aliphatic rings. The molecule has 8 heteroatoms. The molecule has 2 aromatic rings. The maximum absolute atomic E-state index is 12.0. The average Bonchev–Trinajstić information content (AvgIpc) is 2.41. The van der Waals surface area contributed by atoms with Crippen LogP contribution in [0.25, 0.3) is 0 Å². The highest BCUT2D eigenvalue weighted by atomic mass is 35.5. The van der Waals surface area contributed by atoms with E-state index in [1.165, 1.54) is 6.07 Å². The Bertz CT molecular complexity index is 678. The van der Waals surface area contributed by atoms with Crippen LogP contribution >= 0.6 is 23.2 Å². The first-order valence-electron chi connectivity index (χ1n) is 5.19. The molecule has 0 radical (unpaired) electrons. The van der Waals surface area contributed by atoms with E-state index in [-0.39, 0.29) is 21.6 Å². The van der Waals surface area contributed by atoms with Gasteiger partial charge in [0.1, 0.15) is 10.0 Å². The van der Waals surface area contributed by atoms with Crippen LogP contribution in [0.1, 0.15) is 5.69 Å². The molecule has 0 saturated carbocycles. The minimum absolute atomic E-state index is 0.0437. The SMILES string of the molecule is O=S(=O)(NCc1ccccn1)c1cnc(Cl)c(Cl)c1. The Hall–Kier alpha value is -1.21. The third-order valence-electron chi connectivity index (χ3n) is 2.25. The number of sulfonamides is 1. The van der Waals surface area contributed by atoms with Crippen molar-refractivity contribution >= 4 is 33.2 Å². The molecule has 2 heterocycles. The van der Waals surface area contributed by atoms with Gasteiger partial charge >= 0.3 is 0 Å². The zero-order chi connectivity index (χ0) is 13.9. The first kappa shape index (κ1) is 14.2. The van der Waals surface area contributed by atoms with Gasteiger partial charge in [-0.3, -0.25) is 4.98 Å². The molecular formula is C11H9Cl2N3O2S. The van der Waals surface area contributed by atoms with Crippen LogP contribution in [0, 0.1) is 0 Å². The molecule has 0 atom stereocenters. The topological polar surface area (TPSA) is 72.0 Å². The van der Waals surface area contributed by atoms with E-state index in [0.717, 1.165) is 6.20 Å². The third kappa shape index (κ3) is 3.63. The summed E-state index contributed by atoms with van der Waals surface area (Å²) >= 11 is 11.4. The summed E-state index contributed by atoms with van der Waals surface area (Å²) in [5, 5.41) is 0.146. The smallest absolute Gasteiger partial charge is 0.242 e. The standard InChI is InChI=1S/C11H9Cl2N3O2S/c12-10-5-9(7-15-11(10)13)19(17,18)16-6-8-3-1-2-4-14-8/h1-5,7,16H,6H2. The van der Waals surface area contributed by atoms with Gasteiger partial charge < -0.3 is 0 Å². The number of aromatic nitrogens is 2. The molecule has 19 heavy (non-hydrogen) atoms. The van der Waals surface area contributed by atoms with E-state index >= 15 is 0 Å². The summed E-state index contributed by atoms with van der Waals surface area (Å²) in [4.78, 5) is 7.67. The maximum atomic E-state index is 12.0. The summed E-state index contributed by atoms with van der Waals surface area (Å²) in [6.07, 6.45) is 2.74. The summed E-state index contributed by atoms with van der Waals surface area (Å²) in [5.74, 6) is 0. The van der Waals surface area contributed by atoms with Gasteiger partial charge in [0.2, 0.25) is 10.0 Å². The second kappa shape index (κ2) is 5.83. The molecular weight excluding hydrogens is 309 g/mol. The zero-order valence-electron chi connectivity index (χ0n) is 9.55. The molecule has 1 N–H and O–H groups in total. The quantitative estimate of drug-likeness (QED) is 0.878.